The highest BCUT2D eigenvalue weighted by molar-refractivity contribution is 7.13. The molecule has 1 aliphatic heterocycles. The van der Waals surface area contributed by atoms with Gasteiger partial charge in [-0.2, -0.15) is 5.10 Å². The van der Waals surface area contributed by atoms with Gasteiger partial charge in [-0.15, -0.1) is 11.3 Å². The second-order valence-electron chi connectivity index (χ2n) is 5.67. The summed E-state index contributed by atoms with van der Waals surface area (Å²) >= 11 is 1.50. The Morgan fingerprint density at radius 2 is 2.09 bits per heavy atom. The number of likely N-dealkylation sites (N-methyl/N-ethyl adjacent to an activating group) is 1. The molecule has 1 fully saturated rings. The van der Waals surface area contributed by atoms with Crippen LogP contribution in [0.15, 0.2) is 28.7 Å². The van der Waals surface area contributed by atoms with Crippen LogP contribution in [0.2, 0.25) is 0 Å². The summed E-state index contributed by atoms with van der Waals surface area (Å²) in [4.78, 5) is 8.61. The largest absolute Gasteiger partial charge is 0.367 e. The van der Waals surface area contributed by atoms with Crippen molar-refractivity contribution < 1.29 is 4.39 Å². The molecule has 0 unspecified atom stereocenters. The van der Waals surface area contributed by atoms with Crippen molar-refractivity contribution in [3.05, 3.63) is 40.7 Å². The minimum absolute atomic E-state index is 0.185. The van der Waals surface area contributed by atoms with Crippen molar-refractivity contribution in [3.63, 3.8) is 0 Å². The maximum absolute atomic E-state index is 14.1. The first-order chi connectivity index (χ1) is 11.1. The second-order valence-corrected chi connectivity index (χ2v) is 6.52. The number of nitrogens with one attached hydrogen (secondary N) is 1. The van der Waals surface area contributed by atoms with Crippen molar-refractivity contribution in [2.75, 3.05) is 43.6 Å². The Morgan fingerprint density at radius 3 is 2.78 bits per heavy atom. The lowest BCUT2D eigenvalue weighted by molar-refractivity contribution is 0.311. The van der Waals surface area contributed by atoms with Crippen LogP contribution in [0.4, 0.5) is 15.2 Å². The minimum Gasteiger partial charge on any atom is -0.367 e. The second kappa shape index (κ2) is 7.06. The molecule has 0 bridgehead atoms. The normalized spacial score (nSPS) is 16.2. The van der Waals surface area contributed by atoms with Crippen molar-refractivity contribution in [3.8, 4) is 0 Å². The number of benzene rings is 1. The predicted octanol–water partition coefficient (Wildman–Crippen LogP) is 2.79. The lowest BCUT2D eigenvalue weighted by Crippen LogP contribution is -2.44. The zero-order valence-electron chi connectivity index (χ0n) is 13.3. The molecule has 1 saturated heterocycles. The number of rotatable bonds is 4. The van der Waals surface area contributed by atoms with E-state index in [1.807, 2.05) is 18.4 Å². The van der Waals surface area contributed by atoms with Gasteiger partial charge in [-0.3, -0.25) is 5.43 Å². The Kier molecular flexibility index (Phi) is 4.88. The van der Waals surface area contributed by atoms with Crippen LogP contribution in [0, 0.1) is 12.7 Å². The van der Waals surface area contributed by atoms with Crippen molar-refractivity contribution in [2.24, 2.45) is 5.10 Å². The Labute approximate surface area is 139 Å². The maximum atomic E-state index is 14.1. The molecule has 0 radical (unpaired) electrons. The monoisotopic (exact) mass is 333 g/mol. The summed E-state index contributed by atoms with van der Waals surface area (Å²) in [5.41, 5.74) is 5.37. The third-order valence-corrected chi connectivity index (χ3v) is 4.67. The molecule has 23 heavy (non-hydrogen) atoms. The number of hydrazone groups is 1. The lowest BCUT2D eigenvalue weighted by atomic mass is 10.1. The van der Waals surface area contributed by atoms with E-state index in [9.17, 15) is 4.39 Å². The molecule has 0 aliphatic carbocycles. The molecule has 1 aliphatic rings. The number of hydrogen-bond donors (Lipinski definition) is 1. The van der Waals surface area contributed by atoms with Gasteiger partial charge in [-0.1, -0.05) is 6.07 Å². The summed E-state index contributed by atoms with van der Waals surface area (Å²) in [5.74, 6) is -0.185. The SMILES string of the molecule is Cc1csc(NN=Cc2ccc(F)c(N3CCN(C)CC3)c2)n1. The van der Waals surface area contributed by atoms with Crippen molar-refractivity contribution in [1.29, 1.82) is 0 Å². The van der Waals surface area contributed by atoms with Crippen LogP contribution >= 0.6 is 11.3 Å². The fourth-order valence-electron chi connectivity index (χ4n) is 2.47. The Hall–Kier alpha value is -1.99. The molecule has 0 amide bonds. The number of aryl methyl sites for hydroxylation is 1. The summed E-state index contributed by atoms with van der Waals surface area (Å²) in [7, 11) is 2.09. The highest BCUT2D eigenvalue weighted by atomic mass is 32.1. The Morgan fingerprint density at radius 1 is 1.30 bits per heavy atom. The highest BCUT2D eigenvalue weighted by Gasteiger charge is 2.17. The van der Waals surface area contributed by atoms with E-state index in [2.05, 4.69) is 32.4 Å². The number of thiazole rings is 1. The van der Waals surface area contributed by atoms with Gasteiger partial charge in [0.15, 0.2) is 0 Å². The number of piperazine rings is 1. The van der Waals surface area contributed by atoms with E-state index in [-0.39, 0.29) is 5.82 Å². The summed E-state index contributed by atoms with van der Waals surface area (Å²) < 4.78 is 14.1. The van der Waals surface area contributed by atoms with Gasteiger partial charge < -0.3 is 9.80 Å². The van der Waals surface area contributed by atoms with Gasteiger partial charge in [0.1, 0.15) is 5.82 Å². The van der Waals surface area contributed by atoms with Crippen molar-refractivity contribution >= 4 is 28.4 Å². The third-order valence-electron chi connectivity index (χ3n) is 3.81. The molecule has 3 rings (SSSR count). The fourth-order valence-corrected chi connectivity index (χ4v) is 3.10. The van der Waals surface area contributed by atoms with E-state index < -0.39 is 0 Å². The smallest absolute Gasteiger partial charge is 0.203 e. The molecule has 7 heteroatoms. The standard InChI is InChI=1S/C16H20FN5S/c1-12-11-23-16(19-12)20-18-10-13-3-4-14(17)15(9-13)22-7-5-21(2)6-8-22/h3-4,9-11H,5-8H2,1-2H3,(H,19,20). The molecular formula is C16H20FN5S. The van der Waals surface area contributed by atoms with Gasteiger partial charge in [0, 0.05) is 31.6 Å². The van der Waals surface area contributed by atoms with Crippen molar-refractivity contribution in [2.45, 2.75) is 6.92 Å². The molecule has 2 heterocycles. The van der Waals surface area contributed by atoms with Crippen LogP contribution < -0.4 is 10.3 Å². The first-order valence-electron chi connectivity index (χ1n) is 7.56. The topological polar surface area (TPSA) is 43.8 Å². The number of hydrogen-bond acceptors (Lipinski definition) is 6. The molecule has 0 saturated carbocycles. The summed E-state index contributed by atoms with van der Waals surface area (Å²) in [6.07, 6.45) is 1.69. The Bertz CT molecular complexity index is 692. The van der Waals surface area contributed by atoms with E-state index in [1.54, 1.807) is 12.3 Å². The van der Waals surface area contributed by atoms with Crippen LogP contribution in [-0.2, 0) is 0 Å². The van der Waals surface area contributed by atoms with Gasteiger partial charge in [0.2, 0.25) is 5.13 Å². The summed E-state index contributed by atoms with van der Waals surface area (Å²) in [6, 6.07) is 5.08. The number of anilines is 2. The quantitative estimate of drug-likeness (QED) is 0.690. The van der Waals surface area contributed by atoms with Crippen LogP contribution in [0.3, 0.4) is 0 Å². The van der Waals surface area contributed by atoms with Gasteiger partial charge in [0.05, 0.1) is 17.6 Å². The maximum Gasteiger partial charge on any atom is 0.203 e. The molecule has 1 N–H and O–H groups in total. The van der Waals surface area contributed by atoms with Crippen LogP contribution in [0.1, 0.15) is 11.3 Å². The van der Waals surface area contributed by atoms with E-state index in [4.69, 9.17) is 0 Å². The molecule has 1 aromatic heterocycles. The van der Waals surface area contributed by atoms with E-state index in [0.29, 0.717) is 5.69 Å². The van der Waals surface area contributed by atoms with Crippen LogP contribution in [-0.4, -0.2) is 49.3 Å². The van der Waals surface area contributed by atoms with Gasteiger partial charge >= 0.3 is 0 Å². The van der Waals surface area contributed by atoms with Gasteiger partial charge in [0.25, 0.3) is 0 Å². The lowest BCUT2D eigenvalue weighted by Gasteiger charge is -2.34. The summed E-state index contributed by atoms with van der Waals surface area (Å²) in [5, 5.41) is 6.89. The molecule has 2 aromatic rings. The first kappa shape index (κ1) is 15.9. The number of aromatic nitrogens is 1. The summed E-state index contributed by atoms with van der Waals surface area (Å²) in [6.45, 7) is 5.51. The molecule has 0 spiro atoms. The first-order valence-corrected chi connectivity index (χ1v) is 8.44. The average molecular weight is 333 g/mol. The van der Waals surface area contributed by atoms with Crippen LogP contribution in [0.25, 0.3) is 0 Å². The number of nitrogens with zero attached hydrogens (tertiary/aromatic N) is 4. The molecule has 0 atom stereocenters. The minimum atomic E-state index is -0.185. The van der Waals surface area contributed by atoms with Gasteiger partial charge in [-0.05, 0) is 31.7 Å². The fraction of sp³-hybridized carbons (Fsp3) is 0.375. The molecule has 5 nitrogen and oxygen atoms in total. The van der Waals surface area contributed by atoms with Crippen LogP contribution in [0.5, 0.6) is 0 Å². The molecule has 1 aromatic carbocycles. The molecule has 122 valence electrons. The Balaban J connectivity index is 1.69. The zero-order valence-corrected chi connectivity index (χ0v) is 14.1. The third kappa shape index (κ3) is 4.05. The van der Waals surface area contributed by atoms with E-state index >= 15 is 0 Å². The molecular weight excluding hydrogens is 313 g/mol. The zero-order chi connectivity index (χ0) is 16.2. The van der Waals surface area contributed by atoms with Gasteiger partial charge in [-0.25, -0.2) is 9.37 Å². The number of halogens is 1. The average Bonchev–Trinajstić information content (AvgIpc) is 2.95. The highest BCUT2D eigenvalue weighted by Crippen LogP contribution is 2.22. The van der Waals surface area contributed by atoms with Crippen molar-refractivity contribution in [1.82, 2.24) is 9.88 Å². The van der Waals surface area contributed by atoms with E-state index in [1.165, 1.54) is 17.4 Å². The van der Waals surface area contributed by atoms with E-state index in [0.717, 1.165) is 42.6 Å². The predicted molar refractivity (Wildman–Crippen MR) is 94.2 cm³/mol.